The second-order valence-electron chi connectivity index (χ2n) is 3.15. The van der Waals surface area contributed by atoms with Crippen molar-refractivity contribution in [2.24, 2.45) is 5.73 Å². The summed E-state index contributed by atoms with van der Waals surface area (Å²) in [6.07, 6.45) is 1.67. The Morgan fingerprint density at radius 3 is 2.62 bits per heavy atom. The van der Waals surface area contributed by atoms with E-state index >= 15 is 0 Å². The van der Waals surface area contributed by atoms with E-state index in [0.717, 1.165) is 12.1 Å². The number of nitrogens with two attached hydrogens (primary N) is 1. The second-order valence-corrected chi connectivity index (χ2v) is 3.15. The van der Waals surface area contributed by atoms with Crippen molar-refractivity contribution in [2.45, 2.75) is 6.54 Å². The minimum Gasteiger partial charge on any atom is -0.364 e. The molecular formula is C9H13N3O. The zero-order chi connectivity index (χ0) is 9.84. The van der Waals surface area contributed by atoms with E-state index < -0.39 is 5.91 Å². The number of aromatic nitrogens is 1. The minimum absolute atomic E-state index is 0.308. The van der Waals surface area contributed by atoms with E-state index in [2.05, 4.69) is 4.98 Å². The van der Waals surface area contributed by atoms with E-state index in [1.165, 1.54) is 0 Å². The van der Waals surface area contributed by atoms with Crippen LogP contribution in [0.2, 0.25) is 0 Å². The zero-order valence-electron chi connectivity index (χ0n) is 7.82. The summed E-state index contributed by atoms with van der Waals surface area (Å²) >= 11 is 0. The first kappa shape index (κ1) is 9.67. The van der Waals surface area contributed by atoms with Gasteiger partial charge < -0.3 is 10.6 Å². The second kappa shape index (κ2) is 4.00. The molecule has 1 aromatic rings. The average Bonchev–Trinajstić information content (AvgIpc) is 2.04. The van der Waals surface area contributed by atoms with Crippen molar-refractivity contribution in [3.63, 3.8) is 0 Å². The molecule has 0 aliphatic rings. The van der Waals surface area contributed by atoms with E-state index in [0.29, 0.717) is 5.69 Å². The molecule has 1 rings (SSSR count). The number of amides is 1. The van der Waals surface area contributed by atoms with Crippen LogP contribution in [0.5, 0.6) is 0 Å². The summed E-state index contributed by atoms with van der Waals surface area (Å²) in [4.78, 5) is 16.6. The lowest BCUT2D eigenvalue weighted by atomic mass is 10.2. The van der Waals surface area contributed by atoms with E-state index in [1.54, 1.807) is 12.3 Å². The number of carbonyl (C=O) groups is 1. The third-order valence-corrected chi connectivity index (χ3v) is 1.58. The average molecular weight is 179 g/mol. The van der Waals surface area contributed by atoms with Crippen LogP contribution in [0.25, 0.3) is 0 Å². The van der Waals surface area contributed by atoms with Crippen molar-refractivity contribution >= 4 is 5.91 Å². The Labute approximate surface area is 77.4 Å². The van der Waals surface area contributed by atoms with Crippen molar-refractivity contribution in [1.29, 1.82) is 0 Å². The van der Waals surface area contributed by atoms with Crippen LogP contribution < -0.4 is 5.73 Å². The van der Waals surface area contributed by atoms with Gasteiger partial charge >= 0.3 is 0 Å². The fourth-order valence-electron chi connectivity index (χ4n) is 1.03. The van der Waals surface area contributed by atoms with Crippen LogP contribution in [0.1, 0.15) is 16.1 Å². The van der Waals surface area contributed by atoms with Crippen molar-refractivity contribution in [2.75, 3.05) is 14.1 Å². The van der Waals surface area contributed by atoms with Gasteiger partial charge in [0.15, 0.2) is 0 Å². The first-order valence-electron chi connectivity index (χ1n) is 3.99. The predicted molar refractivity (Wildman–Crippen MR) is 50.1 cm³/mol. The fourth-order valence-corrected chi connectivity index (χ4v) is 1.03. The number of carbonyl (C=O) groups excluding carboxylic acids is 1. The first-order chi connectivity index (χ1) is 6.09. The summed E-state index contributed by atoms with van der Waals surface area (Å²) in [7, 11) is 3.95. The van der Waals surface area contributed by atoms with Crippen LogP contribution >= 0.6 is 0 Å². The summed E-state index contributed by atoms with van der Waals surface area (Å²) in [5.41, 5.74) is 6.43. The van der Waals surface area contributed by atoms with Gasteiger partial charge in [0.1, 0.15) is 5.69 Å². The molecule has 1 aromatic heterocycles. The molecule has 0 aliphatic carbocycles. The van der Waals surface area contributed by atoms with E-state index in [4.69, 9.17) is 5.73 Å². The summed E-state index contributed by atoms with van der Waals surface area (Å²) in [6, 6.07) is 3.49. The molecule has 0 spiro atoms. The van der Waals surface area contributed by atoms with Crippen LogP contribution in [0.15, 0.2) is 18.3 Å². The van der Waals surface area contributed by atoms with Gasteiger partial charge in [-0.1, -0.05) is 6.07 Å². The third kappa shape index (κ3) is 2.83. The highest BCUT2D eigenvalue weighted by atomic mass is 16.1. The molecule has 0 fully saturated rings. The lowest BCUT2D eigenvalue weighted by Crippen LogP contribution is -2.14. The molecule has 0 saturated heterocycles. The molecule has 4 heteroatoms. The molecule has 0 aromatic carbocycles. The van der Waals surface area contributed by atoms with Gasteiger partial charge in [-0.25, -0.2) is 0 Å². The van der Waals surface area contributed by atoms with Gasteiger partial charge in [-0.3, -0.25) is 9.78 Å². The molecule has 13 heavy (non-hydrogen) atoms. The van der Waals surface area contributed by atoms with Crippen molar-refractivity contribution < 1.29 is 4.79 Å². The number of primary amides is 1. The smallest absolute Gasteiger partial charge is 0.267 e. The number of pyridine rings is 1. The Hall–Kier alpha value is -1.42. The topological polar surface area (TPSA) is 59.2 Å². The maximum atomic E-state index is 10.7. The molecule has 0 atom stereocenters. The van der Waals surface area contributed by atoms with Crippen LogP contribution in [-0.2, 0) is 6.54 Å². The molecule has 0 radical (unpaired) electrons. The van der Waals surface area contributed by atoms with Crippen LogP contribution in [0.3, 0.4) is 0 Å². The van der Waals surface area contributed by atoms with E-state index in [1.807, 2.05) is 25.1 Å². The molecular weight excluding hydrogens is 166 g/mol. The molecule has 1 heterocycles. The minimum atomic E-state index is -0.489. The third-order valence-electron chi connectivity index (χ3n) is 1.58. The predicted octanol–water partition coefficient (Wildman–Crippen LogP) is 0.242. The molecule has 70 valence electrons. The molecule has 2 N–H and O–H groups in total. The van der Waals surface area contributed by atoms with Gasteiger partial charge in [-0.2, -0.15) is 0 Å². The van der Waals surface area contributed by atoms with Crippen molar-refractivity contribution in [1.82, 2.24) is 9.88 Å². The van der Waals surface area contributed by atoms with Gasteiger partial charge in [0.05, 0.1) is 0 Å². The Morgan fingerprint density at radius 1 is 1.54 bits per heavy atom. The Balaban J connectivity index is 2.75. The molecule has 4 nitrogen and oxygen atoms in total. The zero-order valence-corrected chi connectivity index (χ0v) is 7.82. The lowest BCUT2D eigenvalue weighted by molar-refractivity contribution is 0.0995. The summed E-state index contributed by atoms with van der Waals surface area (Å²) in [6.45, 7) is 0.812. The SMILES string of the molecule is CN(C)Cc1ccc(C(N)=O)nc1. The van der Waals surface area contributed by atoms with Gasteiger partial charge in [0, 0.05) is 12.7 Å². The van der Waals surface area contributed by atoms with Crippen LogP contribution in [-0.4, -0.2) is 29.9 Å². The lowest BCUT2D eigenvalue weighted by Gasteiger charge is -2.08. The Kier molecular flexibility index (Phi) is 2.97. The van der Waals surface area contributed by atoms with E-state index in [-0.39, 0.29) is 0 Å². The molecule has 0 bridgehead atoms. The summed E-state index contributed by atoms with van der Waals surface area (Å²) in [5.74, 6) is -0.489. The summed E-state index contributed by atoms with van der Waals surface area (Å²) in [5, 5.41) is 0. The monoisotopic (exact) mass is 179 g/mol. The normalized spacial score (nSPS) is 10.4. The summed E-state index contributed by atoms with van der Waals surface area (Å²) < 4.78 is 0. The Bertz CT molecular complexity index is 292. The Morgan fingerprint density at radius 2 is 2.23 bits per heavy atom. The van der Waals surface area contributed by atoms with Crippen LogP contribution in [0, 0.1) is 0 Å². The van der Waals surface area contributed by atoms with Crippen molar-refractivity contribution in [3.05, 3.63) is 29.6 Å². The maximum Gasteiger partial charge on any atom is 0.267 e. The van der Waals surface area contributed by atoms with Gasteiger partial charge in [-0.05, 0) is 25.7 Å². The molecule has 0 aliphatic heterocycles. The molecule has 0 unspecified atom stereocenters. The number of nitrogens with zero attached hydrogens (tertiary/aromatic N) is 2. The fraction of sp³-hybridized carbons (Fsp3) is 0.333. The van der Waals surface area contributed by atoms with Gasteiger partial charge in [0.25, 0.3) is 5.91 Å². The maximum absolute atomic E-state index is 10.7. The standard InChI is InChI=1S/C9H13N3O/c1-12(2)6-7-3-4-8(9(10)13)11-5-7/h3-5H,6H2,1-2H3,(H2,10,13). The highest BCUT2D eigenvalue weighted by Crippen LogP contribution is 2.01. The highest BCUT2D eigenvalue weighted by Gasteiger charge is 2.01. The largest absolute Gasteiger partial charge is 0.364 e. The van der Waals surface area contributed by atoms with Gasteiger partial charge in [0.2, 0.25) is 0 Å². The highest BCUT2D eigenvalue weighted by molar-refractivity contribution is 5.90. The number of hydrogen-bond acceptors (Lipinski definition) is 3. The number of rotatable bonds is 3. The number of hydrogen-bond donors (Lipinski definition) is 1. The quantitative estimate of drug-likeness (QED) is 0.723. The van der Waals surface area contributed by atoms with Crippen molar-refractivity contribution in [3.8, 4) is 0 Å². The van der Waals surface area contributed by atoms with Crippen LogP contribution in [0.4, 0.5) is 0 Å². The van der Waals surface area contributed by atoms with E-state index in [9.17, 15) is 4.79 Å². The first-order valence-corrected chi connectivity index (χ1v) is 3.99. The molecule has 1 amide bonds. The van der Waals surface area contributed by atoms with Gasteiger partial charge in [-0.15, -0.1) is 0 Å². The molecule has 0 saturated carbocycles.